The highest BCUT2D eigenvalue weighted by Gasteiger charge is 2.06. The van der Waals surface area contributed by atoms with Crippen LogP contribution in [0.2, 0.25) is 0 Å². The Bertz CT molecular complexity index is 512. The van der Waals surface area contributed by atoms with Gasteiger partial charge in [-0.25, -0.2) is 4.98 Å². The number of rotatable bonds is 5. The molecule has 0 aliphatic rings. The summed E-state index contributed by atoms with van der Waals surface area (Å²) in [6.07, 6.45) is 0.981. The third-order valence-electron chi connectivity index (χ3n) is 2.24. The maximum atomic E-state index is 4.35. The Labute approximate surface area is 119 Å². The van der Waals surface area contributed by atoms with Crippen LogP contribution < -0.4 is 5.32 Å². The Kier molecular flexibility index (Phi) is 4.66. The lowest BCUT2D eigenvalue weighted by Crippen LogP contribution is -2.01. The maximum absolute atomic E-state index is 4.35. The molecule has 0 saturated heterocycles. The average molecular weight is 327 g/mol. The minimum absolute atomic E-state index is 0.609. The van der Waals surface area contributed by atoms with E-state index in [-0.39, 0.29) is 0 Å². The second-order valence-corrected chi connectivity index (χ2v) is 6.28. The molecule has 0 fully saturated rings. The highest BCUT2D eigenvalue weighted by molar-refractivity contribution is 9.10. The van der Waals surface area contributed by atoms with Crippen LogP contribution in [0, 0.1) is 5.92 Å². The van der Waals surface area contributed by atoms with E-state index >= 15 is 0 Å². The van der Waals surface area contributed by atoms with Crippen molar-refractivity contribution in [3.8, 4) is 0 Å². The summed E-state index contributed by atoms with van der Waals surface area (Å²) in [5.41, 5.74) is 0.977. The largest absolute Gasteiger partial charge is 0.354 e. The van der Waals surface area contributed by atoms with Gasteiger partial charge in [0.2, 0.25) is 5.13 Å². The van der Waals surface area contributed by atoms with Gasteiger partial charge in [-0.1, -0.05) is 31.3 Å². The molecule has 0 atom stereocenters. The van der Waals surface area contributed by atoms with Crippen LogP contribution in [0.5, 0.6) is 0 Å². The van der Waals surface area contributed by atoms with Crippen LogP contribution in [0.15, 0.2) is 22.8 Å². The monoisotopic (exact) mass is 326 g/mol. The molecule has 2 heterocycles. The summed E-state index contributed by atoms with van der Waals surface area (Å²) in [5, 5.41) is 13.5. The predicted octanol–water partition coefficient (Wildman–Crippen LogP) is 3.51. The fourth-order valence-electron chi connectivity index (χ4n) is 1.47. The molecule has 2 aromatic rings. The van der Waals surface area contributed by atoms with Crippen molar-refractivity contribution in [1.29, 1.82) is 0 Å². The van der Waals surface area contributed by atoms with E-state index in [1.54, 1.807) is 11.3 Å². The van der Waals surface area contributed by atoms with Crippen LogP contribution in [0.25, 0.3) is 0 Å². The molecule has 1 N–H and O–H groups in total. The van der Waals surface area contributed by atoms with E-state index in [0.29, 0.717) is 12.5 Å². The molecule has 0 aliphatic heterocycles. The molecule has 0 aliphatic carbocycles. The molecular weight excluding hydrogens is 312 g/mol. The van der Waals surface area contributed by atoms with E-state index in [1.165, 1.54) is 0 Å². The zero-order chi connectivity index (χ0) is 13.0. The van der Waals surface area contributed by atoms with Crippen LogP contribution in [-0.2, 0) is 13.0 Å². The summed E-state index contributed by atoms with van der Waals surface area (Å²) in [4.78, 5) is 4.35. The molecule has 2 rings (SSSR count). The molecule has 18 heavy (non-hydrogen) atoms. The van der Waals surface area contributed by atoms with Gasteiger partial charge in [0.05, 0.1) is 12.2 Å². The maximum Gasteiger partial charge on any atom is 0.205 e. The average Bonchev–Trinajstić information content (AvgIpc) is 2.73. The number of nitrogens with one attached hydrogen (secondary N) is 1. The predicted molar refractivity (Wildman–Crippen MR) is 77.7 cm³/mol. The Morgan fingerprint density at radius 2 is 2.17 bits per heavy atom. The molecule has 6 heteroatoms. The fraction of sp³-hybridized carbons (Fsp3) is 0.417. The van der Waals surface area contributed by atoms with Gasteiger partial charge in [-0.3, -0.25) is 0 Å². The second kappa shape index (κ2) is 6.24. The summed E-state index contributed by atoms with van der Waals surface area (Å²) < 4.78 is 0.847. The van der Waals surface area contributed by atoms with Gasteiger partial charge in [0.25, 0.3) is 0 Å². The Morgan fingerprint density at radius 3 is 2.89 bits per heavy atom. The minimum Gasteiger partial charge on any atom is -0.354 e. The third kappa shape index (κ3) is 4.03. The fourth-order valence-corrected chi connectivity index (χ4v) is 2.80. The Hall–Kier alpha value is -1.01. The topological polar surface area (TPSA) is 50.7 Å². The van der Waals surface area contributed by atoms with Crippen molar-refractivity contribution in [3.63, 3.8) is 0 Å². The van der Waals surface area contributed by atoms with Crippen molar-refractivity contribution in [2.24, 2.45) is 5.92 Å². The minimum atomic E-state index is 0.609. The lowest BCUT2D eigenvalue weighted by Gasteiger charge is -2.01. The van der Waals surface area contributed by atoms with E-state index in [0.717, 1.165) is 26.9 Å². The first-order chi connectivity index (χ1) is 8.63. The van der Waals surface area contributed by atoms with E-state index in [1.807, 2.05) is 18.2 Å². The van der Waals surface area contributed by atoms with Crippen molar-refractivity contribution in [2.75, 3.05) is 5.32 Å². The van der Waals surface area contributed by atoms with Crippen molar-refractivity contribution < 1.29 is 0 Å². The zero-order valence-electron chi connectivity index (χ0n) is 10.4. The van der Waals surface area contributed by atoms with Crippen molar-refractivity contribution in [1.82, 2.24) is 15.2 Å². The van der Waals surface area contributed by atoms with Gasteiger partial charge in [-0.15, -0.1) is 10.2 Å². The van der Waals surface area contributed by atoms with Crippen LogP contribution in [0.3, 0.4) is 0 Å². The number of halogens is 1. The lowest BCUT2D eigenvalue weighted by molar-refractivity contribution is 0.640. The normalized spacial score (nSPS) is 10.9. The van der Waals surface area contributed by atoms with Crippen molar-refractivity contribution in [2.45, 2.75) is 26.8 Å². The van der Waals surface area contributed by atoms with Crippen LogP contribution in [0.4, 0.5) is 5.13 Å². The Morgan fingerprint density at radius 1 is 1.33 bits per heavy atom. The highest BCUT2D eigenvalue weighted by atomic mass is 79.9. The second-order valence-electron chi connectivity index (χ2n) is 4.40. The molecule has 0 spiro atoms. The molecule has 4 nitrogen and oxygen atoms in total. The van der Waals surface area contributed by atoms with Gasteiger partial charge in [0.1, 0.15) is 9.61 Å². The molecule has 2 aromatic heterocycles. The molecule has 0 radical (unpaired) electrons. The molecular formula is C12H15BrN4S. The first-order valence-corrected chi connectivity index (χ1v) is 7.42. The third-order valence-corrected chi connectivity index (χ3v) is 3.59. The molecule has 0 amide bonds. The summed E-state index contributed by atoms with van der Waals surface area (Å²) in [6, 6.07) is 5.86. The number of aromatic nitrogens is 3. The summed E-state index contributed by atoms with van der Waals surface area (Å²) in [7, 11) is 0. The number of nitrogens with zero attached hydrogens (tertiary/aromatic N) is 3. The zero-order valence-corrected chi connectivity index (χ0v) is 12.8. The van der Waals surface area contributed by atoms with Crippen molar-refractivity contribution in [3.05, 3.63) is 33.5 Å². The first kappa shape index (κ1) is 13.4. The quantitative estimate of drug-likeness (QED) is 0.854. The summed E-state index contributed by atoms with van der Waals surface area (Å²) >= 11 is 4.97. The van der Waals surface area contributed by atoms with E-state index in [4.69, 9.17) is 0 Å². The van der Waals surface area contributed by atoms with Gasteiger partial charge in [-0.2, -0.15) is 0 Å². The summed E-state index contributed by atoms with van der Waals surface area (Å²) in [5.74, 6) is 0.609. The molecule has 0 saturated carbocycles. The number of hydrogen-bond acceptors (Lipinski definition) is 5. The highest BCUT2D eigenvalue weighted by Crippen LogP contribution is 2.18. The lowest BCUT2D eigenvalue weighted by atomic mass is 10.1. The van der Waals surface area contributed by atoms with Crippen molar-refractivity contribution >= 4 is 32.4 Å². The van der Waals surface area contributed by atoms with Gasteiger partial charge in [0.15, 0.2) is 0 Å². The van der Waals surface area contributed by atoms with E-state index in [9.17, 15) is 0 Å². The van der Waals surface area contributed by atoms with Gasteiger partial charge >= 0.3 is 0 Å². The van der Waals surface area contributed by atoms with Gasteiger partial charge in [-0.05, 0) is 34.0 Å². The molecule has 0 unspecified atom stereocenters. The molecule has 0 bridgehead atoms. The summed E-state index contributed by atoms with van der Waals surface area (Å²) in [6.45, 7) is 5.02. The van der Waals surface area contributed by atoms with Crippen LogP contribution in [-0.4, -0.2) is 15.2 Å². The van der Waals surface area contributed by atoms with Gasteiger partial charge < -0.3 is 5.32 Å². The van der Waals surface area contributed by atoms with E-state index in [2.05, 4.69) is 50.3 Å². The Balaban J connectivity index is 1.92. The number of hydrogen-bond donors (Lipinski definition) is 1. The first-order valence-electron chi connectivity index (χ1n) is 5.81. The molecule has 96 valence electrons. The SMILES string of the molecule is CC(C)Cc1nnc(NCc2cccc(Br)n2)s1. The van der Waals surface area contributed by atoms with Gasteiger partial charge in [0, 0.05) is 6.42 Å². The van der Waals surface area contributed by atoms with Crippen LogP contribution in [0.1, 0.15) is 24.5 Å². The van der Waals surface area contributed by atoms with E-state index < -0.39 is 0 Å². The van der Waals surface area contributed by atoms with Crippen LogP contribution >= 0.6 is 27.3 Å². The standard InChI is InChI=1S/C12H15BrN4S/c1-8(2)6-11-16-17-12(18-11)14-7-9-4-3-5-10(13)15-9/h3-5,8H,6-7H2,1-2H3,(H,14,17). The molecule has 0 aromatic carbocycles. The smallest absolute Gasteiger partial charge is 0.205 e. The number of pyridine rings is 1. The number of anilines is 1.